The molecule has 2 saturated heterocycles. The third kappa shape index (κ3) is 3.62. The van der Waals surface area contributed by atoms with E-state index in [0.717, 1.165) is 51.7 Å². The minimum atomic E-state index is -0.0516. The smallest absolute Gasteiger partial charge is 0.315 e. The van der Waals surface area contributed by atoms with Crippen molar-refractivity contribution in [2.24, 2.45) is 29.1 Å². The Morgan fingerprint density at radius 3 is 2.82 bits per heavy atom. The average Bonchev–Trinajstić information content (AvgIpc) is 2.95. The van der Waals surface area contributed by atoms with Crippen LogP contribution in [0.3, 0.4) is 0 Å². The Hall–Kier alpha value is -1.36. The molecular formula is C23H36NO4+. The second kappa shape index (κ2) is 7.81. The van der Waals surface area contributed by atoms with Crippen LogP contribution in [0.25, 0.3) is 0 Å². The standard InChI is InChI=1S/C23H35NO4/c1-4-27-21(25)16-7-10-24(11-8-16)14-18-17-12-19-15(2)6-5-9-23(19,3)13-20(17)28-22(18)26/h16-20H,2,4-14H2,1,3H3/p+1/t17-,18+,19+,20+,23+/m1/s1. The van der Waals surface area contributed by atoms with Crippen molar-refractivity contribution in [1.82, 2.24) is 0 Å². The first-order valence-electron chi connectivity index (χ1n) is 11.3. The first kappa shape index (κ1) is 19.9. The van der Waals surface area contributed by atoms with Crippen molar-refractivity contribution in [2.45, 2.75) is 64.9 Å². The molecule has 0 bridgehead atoms. The Bertz CT molecular complexity index is 639. The van der Waals surface area contributed by atoms with Crippen LogP contribution in [-0.4, -0.2) is 44.3 Å². The minimum Gasteiger partial charge on any atom is -0.466 e. The molecule has 4 rings (SSSR count). The summed E-state index contributed by atoms with van der Waals surface area (Å²) >= 11 is 0. The maximum Gasteiger partial charge on any atom is 0.315 e. The van der Waals surface area contributed by atoms with Gasteiger partial charge in [-0.15, -0.1) is 0 Å². The molecule has 5 heteroatoms. The summed E-state index contributed by atoms with van der Waals surface area (Å²) in [5.74, 6) is 0.901. The number of carbonyl (C=O) groups is 2. The predicted molar refractivity (Wildman–Crippen MR) is 106 cm³/mol. The summed E-state index contributed by atoms with van der Waals surface area (Å²) in [4.78, 5) is 26.1. The fourth-order valence-corrected chi connectivity index (χ4v) is 6.53. The van der Waals surface area contributed by atoms with E-state index in [0.29, 0.717) is 18.4 Å². The van der Waals surface area contributed by atoms with Gasteiger partial charge in [-0.1, -0.05) is 19.1 Å². The summed E-state index contributed by atoms with van der Waals surface area (Å²) < 4.78 is 11.1. The summed E-state index contributed by atoms with van der Waals surface area (Å²) in [7, 11) is 0. The summed E-state index contributed by atoms with van der Waals surface area (Å²) in [6.45, 7) is 11.8. The zero-order valence-electron chi connectivity index (χ0n) is 17.5. The van der Waals surface area contributed by atoms with Gasteiger partial charge in [0.2, 0.25) is 0 Å². The molecule has 1 N–H and O–H groups in total. The largest absolute Gasteiger partial charge is 0.466 e. The van der Waals surface area contributed by atoms with Crippen molar-refractivity contribution < 1.29 is 24.0 Å². The lowest BCUT2D eigenvalue weighted by Crippen LogP contribution is -3.14. The quantitative estimate of drug-likeness (QED) is 0.590. The number of nitrogens with one attached hydrogen (secondary N) is 1. The van der Waals surface area contributed by atoms with Gasteiger partial charge in [-0.25, -0.2) is 0 Å². The fourth-order valence-electron chi connectivity index (χ4n) is 6.53. The molecule has 2 heterocycles. The monoisotopic (exact) mass is 390 g/mol. The Kier molecular flexibility index (Phi) is 5.56. The molecule has 5 atom stereocenters. The van der Waals surface area contributed by atoms with Crippen LogP contribution in [0.4, 0.5) is 0 Å². The number of carbonyl (C=O) groups excluding carboxylic acids is 2. The molecule has 0 aromatic carbocycles. The third-order valence-electron chi connectivity index (χ3n) is 8.14. The van der Waals surface area contributed by atoms with E-state index in [1.165, 1.54) is 23.3 Å². The van der Waals surface area contributed by atoms with Gasteiger partial charge in [-0.05, 0) is 50.4 Å². The van der Waals surface area contributed by atoms with Gasteiger partial charge in [0.15, 0.2) is 0 Å². The van der Waals surface area contributed by atoms with Crippen LogP contribution in [0.1, 0.15) is 58.8 Å². The van der Waals surface area contributed by atoms with E-state index in [1.807, 2.05) is 6.92 Å². The first-order chi connectivity index (χ1) is 13.4. The van der Waals surface area contributed by atoms with E-state index in [2.05, 4.69) is 13.5 Å². The molecule has 0 aromatic heterocycles. The lowest BCUT2D eigenvalue weighted by Gasteiger charge is -2.50. The Morgan fingerprint density at radius 2 is 2.11 bits per heavy atom. The van der Waals surface area contributed by atoms with Crippen LogP contribution in [0, 0.1) is 29.1 Å². The van der Waals surface area contributed by atoms with Gasteiger partial charge in [0.1, 0.15) is 12.0 Å². The molecule has 2 aliphatic carbocycles. The first-order valence-corrected chi connectivity index (χ1v) is 11.3. The second-order valence-corrected chi connectivity index (χ2v) is 9.88. The maximum atomic E-state index is 12.7. The normalized spacial score (nSPS) is 43.1. The molecule has 2 aliphatic heterocycles. The molecule has 4 aliphatic rings. The minimum absolute atomic E-state index is 0.0124. The number of piperidine rings is 1. The van der Waals surface area contributed by atoms with Gasteiger partial charge < -0.3 is 14.4 Å². The van der Waals surface area contributed by atoms with E-state index in [4.69, 9.17) is 9.47 Å². The highest BCUT2D eigenvalue weighted by atomic mass is 16.6. The van der Waals surface area contributed by atoms with Gasteiger partial charge in [0.05, 0.1) is 32.2 Å². The number of esters is 2. The topological polar surface area (TPSA) is 57.0 Å². The Labute approximate surface area is 168 Å². The van der Waals surface area contributed by atoms with E-state index in [9.17, 15) is 9.59 Å². The Morgan fingerprint density at radius 1 is 1.36 bits per heavy atom. The fraction of sp³-hybridized carbons (Fsp3) is 0.826. The third-order valence-corrected chi connectivity index (χ3v) is 8.14. The summed E-state index contributed by atoms with van der Waals surface area (Å²) in [5.41, 5.74) is 1.66. The Balaban J connectivity index is 1.38. The van der Waals surface area contributed by atoms with Crippen molar-refractivity contribution in [2.75, 3.05) is 26.2 Å². The van der Waals surface area contributed by atoms with Crippen molar-refractivity contribution >= 4 is 11.9 Å². The molecule has 28 heavy (non-hydrogen) atoms. The second-order valence-electron chi connectivity index (χ2n) is 9.88. The zero-order valence-corrected chi connectivity index (χ0v) is 17.5. The highest BCUT2D eigenvalue weighted by molar-refractivity contribution is 5.75. The molecule has 0 spiro atoms. The van der Waals surface area contributed by atoms with Gasteiger partial charge >= 0.3 is 11.9 Å². The van der Waals surface area contributed by atoms with E-state index in [1.54, 1.807) is 0 Å². The number of allylic oxidation sites excluding steroid dienone is 1. The highest BCUT2D eigenvalue weighted by Crippen LogP contribution is 2.56. The average molecular weight is 391 g/mol. The summed E-state index contributed by atoms with van der Waals surface area (Å²) in [6.07, 6.45) is 7.49. The van der Waals surface area contributed by atoms with Crippen molar-refractivity contribution in [3.05, 3.63) is 12.2 Å². The number of hydrogen-bond donors (Lipinski definition) is 1. The number of quaternary nitrogens is 1. The zero-order chi connectivity index (χ0) is 19.9. The molecule has 0 amide bonds. The van der Waals surface area contributed by atoms with Crippen LogP contribution in [0.5, 0.6) is 0 Å². The number of rotatable bonds is 4. The van der Waals surface area contributed by atoms with E-state index < -0.39 is 0 Å². The lowest BCUT2D eigenvalue weighted by molar-refractivity contribution is -0.908. The molecule has 0 unspecified atom stereocenters. The molecule has 156 valence electrons. The molecule has 0 aromatic rings. The number of fused-ring (bicyclic) bond motifs is 2. The molecule has 4 fully saturated rings. The van der Waals surface area contributed by atoms with Crippen molar-refractivity contribution in [3.8, 4) is 0 Å². The van der Waals surface area contributed by atoms with Gasteiger partial charge in [-0.3, -0.25) is 9.59 Å². The molecule has 5 nitrogen and oxygen atoms in total. The summed E-state index contributed by atoms with van der Waals surface area (Å²) in [6, 6.07) is 0. The van der Waals surface area contributed by atoms with Gasteiger partial charge in [0, 0.05) is 18.8 Å². The molecule has 0 radical (unpaired) electrons. The van der Waals surface area contributed by atoms with Crippen LogP contribution in [-0.2, 0) is 19.1 Å². The highest BCUT2D eigenvalue weighted by Gasteiger charge is 2.56. The van der Waals surface area contributed by atoms with Gasteiger partial charge in [-0.2, -0.15) is 0 Å². The molecular weight excluding hydrogens is 354 g/mol. The van der Waals surface area contributed by atoms with E-state index >= 15 is 0 Å². The van der Waals surface area contributed by atoms with Crippen LogP contribution < -0.4 is 4.90 Å². The summed E-state index contributed by atoms with van der Waals surface area (Å²) in [5, 5.41) is 0. The number of likely N-dealkylation sites (tertiary alicyclic amines) is 1. The van der Waals surface area contributed by atoms with Crippen molar-refractivity contribution in [1.29, 1.82) is 0 Å². The SMILES string of the molecule is C=C1CCC[C@@]2(C)C[C@@H]3OC(=O)[C@@H](C[NH+]4CCC(C(=O)OCC)CC4)[C@H]3C[C@@H]12. The predicted octanol–water partition coefficient (Wildman–Crippen LogP) is 2.16. The number of hydrogen-bond acceptors (Lipinski definition) is 4. The lowest BCUT2D eigenvalue weighted by atomic mass is 9.55. The maximum absolute atomic E-state index is 12.7. The number of ether oxygens (including phenoxy) is 2. The van der Waals surface area contributed by atoms with Crippen LogP contribution in [0.15, 0.2) is 12.2 Å². The van der Waals surface area contributed by atoms with Crippen LogP contribution in [0.2, 0.25) is 0 Å². The van der Waals surface area contributed by atoms with E-state index in [-0.39, 0.29) is 35.3 Å². The van der Waals surface area contributed by atoms with Gasteiger partial charge in [0.25, 0.3) is 0 Å². The molecule has 2 saturated carbocycles. The van der Waals surface area contributed by atoms with Crippen molar-refractivity contribution in [3.63, 3.8) is 0 Å². The van der Waals surface area contributed by atoms with Crippen LogP contribution >= 0.6 is 0 Å².